The second-order valence-corrected chi connectivity index (χ2v) is 8.54. The Hall–Kier alpha value is -1.01. The molecule has 3 aliphatic rings. The molecule has 4 rings (SSSR count). The molecule has 1 aromatic heterocycles. The van der Waals surface area contributed by atoms with Gasteiger partial charge in [-0.15, -0.1) is 11.8 Å². The van der Waals surface area contributed by atoms with E-state index in [4.69, 9.17) is 0 Å². The first-order valence-corrected chi connectivity index (χ1v) is 9.23. The summed E-state index contributed by atoms with van der Waals surface area (Å²) in [6, 6.07) is 2.63. The molecule has 4 heterocycles. The van der Waals surface area contributed by atoms with E-state index in [0.29, 0.717) is 10.4 Å². The van der Waals surface area contributed by atoms with Gasteiger partial charge in [-0.2, -0.15) is 5.10 Å². The molecule has 1 unspecified atom stereocenters. The van der Waals surface area contributed by atoms with E-state index in [1.807, 2.05) is 24.9 Å². The fourth-order valence-electron chi connectivity index (χ4n) is 4.15. The molecule has 3 fully saturated rings. The molecule has 0 radical (unpaired) electrons. The highest BCUT2D eigenvalue weighted by Gasteiger charge is 2.52. The minimum Gasteiger partial charge on any atom is -0.334 e. The predicted molar refractivity (Wildman–Crippen MR) is 88.2 cm³/mol. The van der Waals surface area contributed by atoms with Crippen LogP contribution in [0.4, 0.5) is 0 Å². The van der Waals surface area contributed by atoms with Crippen LogP contribution in [0.15, 0.2) is 6.07 Å². The number of nitrogens with zero attached hydrogens (tertiary/aromatic N) is 4. The Morgan fingerprint density at radius 2 is 2.09 bits per heavy atom. The van der Waals surface area contributed by atoms with E-state index < -0.39 is 0 Å². The van der Waals surface area contributed by atoms with Crippen molar-refractivity contribution < 1.29 is 4.79 Å². The number of carbonyl (C=O) groups is 1. The van der Waals surface area contributed by atoms with Crippen LogP contribution >= 0.6 is 11.8 Å². The third-order valence-electron chi connectivity index (χ3n) is 5.31. The molecule has 0 saturated carbocycles. The number of amides is 1. The summed E-state index contributed by atoms with van der Waals surface area (Å²) in [5.74, 6) is 1.38. The third kappa shape index (κ3) is 2.36. The lowest BCUT2D eigenvalue weighted by molar-refractivity contribution is 0.0521. The zero-order chi connectivity index (χ0) is 15.3. The molecule has 1 amide bonds. The van der Waals surface area contributed by atoms with Crippen molar-refractivity contribution in [3.8, 4) is 0 Å². The minimum atomic E-state index is 0.138. The largest absolute Gasteiger partial charge is 0.334 e. The molecule has 1 spiro atoms. The van der Waals surface area contributed by atoms with Gasteiger partial charge in [0.15, 0.2) is 0 Å². The van der Waals surface area contributed by atoms with Gasteiger partial charge in [-0.25, -0.2) is 0 Å². The number of hydrogen-bond donors (Lipinski definition) is 0. The molecule has 5 nitrogen and oxygen atoms in total. The number of aryl methyl sites for hydroxylation is 2. The Balaban J connectivity index is 1.37. The lowest BCUT2D eigenvalue weighted by atomic mass is 9.91. The molecule has 6 heteroatoms. The molecule has 1 atom stereocenters. The maximum absolute atomic E-state index is 12.6. The van der Waals surface area contributed by atoms with Gasteiger partial charge in [0.25, 0.3) is 5.91 Å². The number of rotatable bonds is 2. The van der Waals surface area contributed by atoms with E-state index in [2.05, 4.69) is 21.8 Å². The molecule has 0 aliphatic carbocycles. The Morgan fingerprint density at radius 1 is 1.36 bits per heavy atom. The van der Waals surface area contributed by atoms with E-state index in [9.17, 15) is 4.79 Å². The van der Waals surface area contributed by atoms with Gasteiger partial charge in [-0.1, -0.05) is 0 Å². The molecule has 0 bridgehead atoms. The average Bonchev–Trinajstić information content (AvgIpc) is 3.14. The second kappa shape index (κ2) is 5.27. The van der Waals surface area contributed by atoms with Gasteiger partial charge in [-0.05, 0) is 45.3 Å². The standard InChI is InChI=1S/C16H24N4OS/c1-12-7-14(18(2)17-12)15(21)20-10-16(11-20)8-13(9-22-16)19-5-3-4-6-19/h7,13H,3-6,8-11H2,1-2H3. The van der Waals surface area contributed by atoms with E-state index in [0.717, 1.165) is 24.8 Å². The Morgan fingerprint density at radius 3 is 2.73 bits per heavy atom. The van der Waals surface area contributed by atoms with Gasteiger partial charge in [0.05, 0.1) is 10.4 Å². The molecule has 22 heavy (non-hydrogen) atoms. The summed E-state index contributed by atoms with van der Waals surface area (Å²) in [7, 11) is 1.85. The van der Waals surface area contributed by atoms with Crippen molar-refractivity contribution >= 4 is 17.7 Å². The van der Waals surface area contributed by atoms with Crippen LogP contribution in [0.25, 0.3) is 0 Å². The van der Waals surface area contributed by atoms with E-state index in [1.54, 1.807) is 4.68 Å². The monoisotopic (exact) mass is 320 g/mol. The molecule has 0 aromatic carbocycles. The summed E-state index contributed by atoms with van der Waals surface area (Å²) in [5, 5.41) is 4.28. The summed E-state index contributed by atoms with van der Waals surface area (Å²) in [6.07, 6.45) is 3.98. The van der Waals surface area contributed by atoms with Gasteiger partial charge in [0, 0.05) is 31.9 Å². The molecular weight excluding hydrogens is 296 g/mol. The van der Waals surface area contributed by atoms with Crippen molar-refractivity contribution in [3.63, 3.8) is 0 Å². The lowest BCUT2D eigenvalue weighted by Crippen LogP contribution is -2.61. The predicted octanol–water partition coefficient (Wildman–Crippen LogP) is 1.52. The fourth-order valence-corrected chi connectivity index (χ4v) is 5.83. The molecular formula is C16H24N4OS. The average molecular weight is 320 g/mol. The Labute approximate surface area is 136 Å². The Bertz CT molecular complexity index is 587. The molecule has 1 aromatic rings. The van der Waals surface area contributed by atoms with Crippen LogP contribution in [0.3, 0.4) is 0 Å². The van der Waals surface area contributed by atoms with E-state index in [-0.39, 0.29) is 5.91 Å². The van der Waals surface area contributed by atoms with E-state index >= 15 is 0 Å². The SMILES string of the molecule is Cc1cc(C(=O)N2CC3(CC(N4CCCC4)CS3)C2)n(C)n1. The van der Waals surface area contributed by atoms with Crippen molar-refractivity contribution in [3.05, 3.63) is 17.5 Å². The quantitative estimate of drug-likeness (QED) is 0.829. The maximum Gasteiger partial charge on any atom is 0.272 e. The van der Waals surface area contributed by atoms with Crippen LogP contribution in [0.5, 0.6) is 0 Å². The summed E-state index contributed by atoms with van der Waals surface area (Å²) in [6.45, 7) is 6.30. The van der Waals surface area contributed by atoms with Crippen molar-refractivity contribution in [1.29, 1.82) is 0 Å². The summed E-state index contributed by atoms with van der Waals surface area (Å²) < 4.78 is 2.04. The molecule has 3 aliphatic heterocycles. The highest BCUT2D eigenvalue weighted by atomic mass is 32.2. The number of aromatic nitrogens is 2. The van der Waals surface area contributed by atoms with Crippen LogP contribution in [0, 0.1) is 6.92 Å². The molecule has 0 N–H and O–H groups in total. The highest BCUT2D eigenvalue weighted by Crippen LogP contribution is 2.47. The minimum absolute atomic E-state index is 0.138. The van der Waals surface area contributed by atoms with E-state index in [1.165, 1.54) is 38.1 Å². The summed E-state index contributed by atoms with van der Waals surface area (Å²) >= 11 is 2.09. The van der Waals surface area contributed by atoms with Gasteiger partial charge < -0.3 is 4.90 Å². The lowest BCUT2D eigenvalue weighted by Gasteiger charge is -2.47. The highest BCUT2D eigenvalue weighted by molar-refractivity contribution is 8.01. The normalized spacial score (nSPS) is 27.5. The fraction of sp³-hybridized carbons (Fsp3) is 0.750. The van der Waals surface area contributed by atoms with Crippen molar-refractivity contribution in [2.24, 2.45) is 7.05 Å². The third-order valence-corrected chi connectivity index (χ3v) is 6.90. The number of thioether (sulfide) groups is 1. The maximum atomic E-state index is 12.6. The van der Waals surface area contributed by atoms with Gasteiger partial charge in [0.1, 0.15) is 5.69 Å². The zero-order valence-electron chi connectivity index (χ0n) is 13.4. The zero-order valence-corrected chi connectivity index (χ0v) is 14.2. The smallest absolute Gasteiger partial charge is 0.272 e. The van der Waals surface area contributed by atoms with Gasteiger partial charge >= 0.3 is 0 Å². The van der Waals surface area contributed by atoms with Crippen molar-refractivity contribution in [2.75, 3.05) is 31.9 Å². The molecule has 3 saturated heterocycles. The Kier molecular flexibility index (Phi) is 3.49. The van der Waals surface area contributed by atoms with Gasteiger partial charge in [-0.3, -0.25) is 14.4 Å². The van der Waals surface area contributed by atoms with Crippen molar-refractivity contribution in [2.45, 2.75) is 37.0 Å². The number of likely N-dealkylation sites (tertiary alicyclic amines) is 2. The number of carbonyl (C=O) groups excluding carboxylic acids is 1. The van der Waals surface area contributed by atoms with Crippen molar-refractivity contribution in [1.82, 2.24) is 19.6 Å². The second-order valence-electron chi connectivity index (χ2n) is 7.05. The topological polar surface area (TPSA) is 41.4 Å². The first-order chi connectivity index (χ1) is 10.6. The summed E-state index contributed by atoms with van der Waals surface area (Å²) in [5.41, 5.74) is 1.62. The van der Waals surface area contributed by atoms with Crippen LogP contribution in [-0.4, -0.2) is 68.2 Å². The van der Waals surface area contributed by atoms with Crippen LogP contribution < -0.4 is 0 Å². The summed E-state index contributed by atoms with van der Waals surface area (Å²) in [4.78, 5) is 17.2. The first-order valence-electron chi connectivity index (χ1n) is 8.24. The molecule has 120 valence electrons. The van der Waals surface area contributed by atoms with Crippen LogP contribution in [0.1, 0.15) is 35.4 Å². The van der Waals surface area contributed by atoms with Gasteiger partial charge in [0.2, 0.25) is 0 Å². The van der Waals surface area contributed by atoms with Crippen LogP contribution in [0.2, 0.25) is 0 Å². The van der Waals surface area contributed by atoms with Crippen LogP contribution in [-0.2, 0) is 7.05 Å². The number of hydrogen-bond acceptors (Lipinski definition) is 4. The first kappa shape index (κ1) is 14.6.